The Hall–Kier alpha value is -1.27. The highest BCUT2D eigenvalue weighted by Crippen LogP contribution is 2.23. The van der Waals surface area contributed by atoms with E-state index < -0.39 is 0 Å². The molecule has 6 heteroatoms. The molecule has 0 unspecified atom stereocenters. The third kappa shape index (κ3) is 2.40. The van der Waals surface area contributed by atoms with Crippen molar-refractivity contribution in [2.24, 2.45) is 0 Å². The van der Waals surface area contributed by atoms with Crippen molar-refractivity contribution >= 4 is 28.6 Å². The SMILES string of the molecule is COC(=O)Cc1nc(-c2nccs2)cs1. The maximum Gasteiger partial charge on any atom is 0.312 e. The van der Waals surface area contributed by atoms with Gasteiger partial charge in [-0.05, 0) is 0 Å². The van der Waals surface area contributed by atoms with Crippen molar-refractivity contribution in [3.63, 3.8) is 0 Å². The van der Waals surface area contributed by atoms with Crippen LogP contribution < -0.4 is 0 Å². The van der Waals surface area contributed by atoms with Gasteiger partial charge in [0.1, 0.15) is 15.7 Å². The fourth-order valence-electron chi connectivity index (χ4n) is 1.04. The van der Waals surface area contributed by atoms with Crippen LogP contribution in [0, 0.1) is 0 Å². The summed E-state index contributed by atoms with van der Waals surface area (Å²) in [6, 6.07) is 0. The second-order valence-electron chi connectivity index (χ2n) is 2.72. The molecule has 0 spiro atoms. The number of methoxy groups -OCH3 is 1. The van der Waals surface area contributed by atoms with Gasteiger partial charge in [-0.3, -0.25) is 4.79 Å². The molecule has 0 aliphatic rings. The molecule has 0 aromatic carbocycles. The van der Waals surface area contributed by atoms with E-state index >= 15 is 0 Å². The second-order valence-corrected chi connectivity index (χ2v) is 4.55. The van der Waals surface area contributed by atoms with Crippen molar-refractivity contribution in [2.75, 3.05) is 7.11 Å². The van der Waals surface area contributed by atoms with E-state index in [1.807, 2.05) is 10.8 Å². The third-order valence-electron chi connectivity index (χ3n) is 1.73. The lowest BCUT2D eigenvalue weighted by molar-refractivity contribution is -0.139. The van der Waals surface area contributed by atoms with Gasteiger partial charge in [0.2, 0.25) is 0 Å². The number of ether oxygens (including phenoxy) is 1. The highest BCUT2D eigenvalue weighted by atomic mass is 32.1. The standard InChI is InChI=1S/C9H8N2O2S2/c1-13-8(12)4-7-11-6(5-15-7)9-10-2-3-14-9/h2-3,5H,4H2,1H3. The Morgan fingerprint density at radius 2 is 2.40 bits per heavy atom. The molecular formula is C9H8N2O2S2. The van der Waals surface area contributed by atoms with Gasteiger partial charge in [-0.1, -0.05) is 0 Å². The Morgan fingerprint density at radius 1 is 1.53 bits per heavy atom. The van der Waals surface area contributed by atoms with Crippen LogP contribution >= 0.6 is 22.7 Å². The summed E-state index contributed by atoms with van der Waals surface area (Å²) >= 11 is 2.98. The number of aromatic nitrogens is 2. The Bertz CT molecular complexity index is 450. The molecule has 0 aliphatic heterocycles. The van der Waals surface area contributed by atoms with E-state index in [4.69, 9.17) is 0 Å². The van der Waals surface area contributed by atoms with Crippen LogP contribution in [-0.2, 0) is 16.0 Å². The molecule has 2 heterocycles. The highest BCUT2D eigenvalue weighted by molar-refractivity contribution is 7.14. The van der Waals surface area contributed by atoms with E-state index in [2.05, 4.69) is 14.7 Å². The molecule has 0 aliphatic carbocycles. The lowest BCUT2D eigenvalue weighted by Gasteiger charge is -1.93. The summed E-state index contributed by atoms with van der Waals surface area (Å²) in [6.45, 7) is 0. The first-order valence-corrected chi connectivity index (χ1v) is 5.96. The Balaban J connectivity index is 2.14. The number of carbonyl (C=O) groups excluding carboxylic acids is 1. The molecule has 0 atom stereocenters. The summed E-state index contributed by atoms with van der Waals surface area (Å²) in [5.41, 5.74) is 0.828. The van der Waals surface area contributed by atoms with Crippen molar-refractivity contribution in [2.45, 2.75) is 6.42 Å². The number of thiazole rings is 2. The van der Waals surface area contributed by atoms with Gasteiger partial charge >= 0.3 is 5.97 Å². The summed E-state index contributed by atoms with van der Waals surface area (Å²) < 4.78 is 4.57. The average Bonchev–Trinajstić information content (AvgIpc) is 2.85. The smallest absolute Gasteiger partial charge is 0.312 e. The van der Waals surface area contributed by atoms with Gasteiger partial charge in [0, 0.05) is 17.0 Å². The predicted octanol–water partition coefficient (Wildman–Crippen LogP) is 1.98. The van der Waals surface area contributed by atoms with E-state index in [0.29, 0.717) is 0 Å². The molecule has 78 valence electrons. The zero-order valence-electron chi connectivity index (χ0n) is 7.97. The molecule has 15 heavy (non-hydrogen) atoms. The van der Waals surface area contributed by atoms with E-state index in [1.165, 1.54) is 29.8 Å². The Morgan fingerprint density at radius 3 is 3.07 bits per heavy atom. The Kier molecular flexibility index (Phi) is 3.08. The van der Waals surface area contributed by atoms with Gasteiger partial charge < -0.3 is 4.74 Å². The lowest BCUT2D eigenvalue weighted by Crippen LogP contribution is -2.03. The van der Waals surface area contributed by atoms with Gasteiger partial charge in [0.15, 0.2) is 0 Å². The summed E-state index contributed by atoms with van der Waals surface area (Å²) in [6.07, 6.45) is 1.96. The van der Waals surface area contributed by atoms with E-state index in [0.717, 1.165) is 15.7 Å². The first kappa shape index (κ1) is 10.3. The fourth-order valence-corrected chi connectivity index (χ4v) is 2.47. The number of rotatable bonds is 3. The van der Waals surface area contributed by atoms with Gasteiger partial charge in [-0.15, -0.1) is 22.7 Å². The van der Waals surface area contributed by atoms with Crippen LogP contribution in [-0.4, -0.2) is 23.0 Å². The van der Waals surface area contributed by atoms with Crippen LogP contribution in [0.3, 0.4) is 0 Å². The predicted molar refractivity (Wildman–Crippen MR) is 58.9 cm³/mol. The molecule has 0 amide bonds. The summed E-state index contributed by atoms with van der Waals surface area (Å²) in [4.78, 5) is 19.5. The fraction of sp³-hybridized carbons (Fsp3) is 0.222. The minimum absolute atomic E-state index is 0.229. The molecule has 2 aromatic heterocycles. The molecule has 0 saturated heterocycles. The van der Waals surface area contributed by atoms with Crippen LogP contribution in [0.1, 0.15) is 5.01 Å². The maximum atomic E-state index is 11.0. The van der Waals surface area contributed by atoms with E-state index in [9.17, 15) is 4.79 Å². The number of hydrogen-bond acceptors (Lipinski definition) is 6. The van der Waals surface area contributed by atoms with Crippen LogP contribution in [0.4, 0.5) is 0 Å². The quantitative estimate of drug-likeness (QED) is 0.770. The molecule has 2 aromatic rings. The van der Waals surface area contributed by atoms with Gasteiger partial charge in [0.05, 0.1) is 13.5 Å². The summed E-state index contributed by atoms with van der Waals surface area (Å²) in [5.74, 6) is -0.268. The molecule has 2 rings (SSSR count). The monoisotopic (exact) mass is 240 g/mol. The second kappa shape index (κ2) is 4.50. The molecule has 0 radical (unpaired) electrons. The topological polar surface area (TPSA) is 52.1 Å². The first-order valence-electron chi connectivity index (χ1n) is 4.20. The largest absolute Gasteiger partial charge is 0.469 e. The average molecular weight is 240 g/mol. The highest BCUT2D eigenvalue weighted by Gasteiger charge is 2.10. The van der Waals surface area contributed by atoms with Crippen LogP contribution in [0.5, 0.6) is 0 Å². The normalized spacial score (nSPS) is 10.2. The van der Waals surface area contributed by atoms with E-state index in [1.54, 1.807) is 6.20 Å². The zero-order valence-corrected chi connectivity index (χ0v) is 9.60. The van der Waals surface area contributed by atoms with Crippen molar-refractivity contribution in [3.05, 3.63) is 22.0 Å². The van der Waals surface area contributed by atoms with Crippen LogP contribution in [0.2, 0.25) is 0 Å². The van der Waals surface area contributed by atoms with Crippen LogP contribution in [0.15, 0.2) is 17.0 Å². The minimum Gasteiger partial charge on any atom is -0.469 e. The molecule has 0 fully saturated rings. The molecular weight excluding hydrogens is 232 g/mol. The van der Waals surface area contributed by atoms with Crippen molar-refractivity contribution in [1.29, 1.82) is 0 Å². The molecule has 0 bridgehead atoms. The van der Waals surface area contributed by atoms with E-state index in [-0.39, 0.29) is 12.4 Å². The number of esters is 1. The van der Waals surface area contributed by atoms with Crippen molar-refractivity contribution < 1.29 is 9.53 Å². The minimum atomic E-state index is -0.268. The summed E-state index contributed by atoms with van der Waals surface area (Å²) in [7, 11) is 1.37. The van der Waals surface area contributed by atoms with Gasteiger partial charge in [-0.2, -0.15) is 0 Å². The number of carbonyl (C=O) groups is 1. The third-order valence-corrected chi connectivity index (χ3v) is 3.37. The van der Waals surface area contributed by atoms with Crippen LogP contribution in [0.25, 0.3) is 10.7 Å². The van der Waals surface area contributed by atoms with Gasteiger partial charge in [0.25, 0.3) is 0 Å². The Labute approximate surface area is 94.6 Å². The number of hydrogen-bond donors (Lipinski definition) is 0. The van der Waals surface area contributed by atoms with Crippen molar-refractivity contribution in [3.8, 4) is 10.7 Å². The molecule has 0 N–H and O–H groups in total. The number of nitrogens with zero attached hydrogens (tertiary/aromatic N) is 2. The summed E-state index contributed by atoms with van der Waals surface area (Å²) in [5, 5.41) is 5.43. The maximum absolute atomic E-state index is 11.0. The lowest BCUT2D eigenvalue weighted by atomic mass is 10.4. The first-order chi connectivity index (χ1) is 7.29. The molecule has 0 saturated carbocycles. The molecule has 4 nitrogen and oxygen atoms in total. The zero-order chi connectivity index (χ0) is 10.7. The van der Waals surface area contributed by atoms with Crippen molar-refractivity contribution in [1.82, 2.24) is 9.97 Å². The van der Waals surface area contributed by atoms with Gasteiger partial charge in [-0.25, -0.2) is 9.97 Å².